The van der Waals surface area contributed by atoms with E-state index in [1.807, 2.05) is 31.2 Å². The van der Waals surface area contributed by atoms with E-state index in [0.717, 1.165) is 5.56 Å². The van der Waals surface area contributed by atoms with Crippen molar-refractivity contribution in [1.82, 2.24) is 0 Å². The summed E-state index contributed by atoms with van der Waals surface area (Å²) in [5, 5.41) is 5.75. The van der Waals surface area contributed by atoms with Crippen molar-refractivity contribution in [3.63, 3.8) is 0 Å². The van der Waals surface area contributed by atoms with Crippen molar-refractivity contribution in [3.05, 3.63) is 29.8 Å². The van der Waals surface area contributed by atoms with Crippen LogP contribution < -0.4 is 5.01 Å². The van der Waals surface area contributed by atoms with Gasteiger partial charge in [-0.25, -0.2) is 0 Å². The predicted octanol–water partition coefficient (Wildman–Crippen LogP) is 1.98. The van der Waals surface area contributed by atoms with E-state index < -0.39 is 0 Å². The van der Waals surface area contributed by atoms with Crippen LogP contribution in [0.25, 0.3) is 0 Å². The monoisotopic (exact) mass is 248 g/mol. The molecule has 1 aromatic rings. The molecule has 1 heterocycles. The number of Topliss-reactive ketones (excluding diaryl/α,β-unsaturated/α-hetero) is 1. The Morgan fingerprint density at radius 2 is 2.00 bits per heavy atom. The topological polar surface area (TPSA) is 49.7 Å². The van der Waals surface area contributed by atoms with E-state index in [1.165, 1.54) is 23.7 Å². The minimum atomic E-state index is -0.111. The average Bonchev–Trinajstić information content (AvgIpc) is 2.31. The van der Waals surface area contributed by atoms with Gasteiger partial charge in [0, 0.05) is 6.92 Å². The van der Waals surface area contributed by atoms with Gasteiger partial charge in [-0.1, -0.05) is 29.5 Å². The van der Waals surface area contributed by atoms with E-state index in [0.29, 0.717) is 10.7 Å². The molecule has 0 bridgehead atoms. The highest BCUT2D eigenvalue weighted by Crippen LogP contribution is 2.22. The van der Waals surface area contributed by atoms with Crippen LogP contribution in [-0.4, -0.2) is 22.5 Å². The van der Waals surface area contributed by atoms with Crippen molar-refractivity contribution in [2.45, 2.75) is 13.8 Å². The van der Waals surface area contributed by atoms with Gasteiger partial charge in [0.05, 0.1) is 11.4 Å². The van der Waals surface area contributed by atoms with Gasteiger partial charge in [0.2, 0.25) is 0 Å². The minimum Gasteiger partial charge on any atom is -0.292 e. The summed E-state index contributed by atoms with van der Waals surface area (Å²) >= 11 is 1.19. The molecule has 0 aromatic heterocycles. The maximum absolute atomic E-state index is 11.7. The largest absolute Gasteiger partial charge is 0.292 e. The average molecular weight is 248 g/mol. The number of carbonyl (C=O) groups excluding carboxylic acids is 2. The molecule has 0 aliphatic carbocycles. The lowest BCUT2D eigenvalue weighted by molar-refractivity contribution is -0.116. The van der Waals surface area contributed by atoms with E-state index in [-0.39, 0.29) is 17.4 Å². The minimum absolute atomic E-state index is 0.108. The standard InChI is InChI=1S/C12H12N2O2S/c1-8-3-5-10(6-4-8)14-11(16)7-17-12(13-14)9(2)15/h3-6H,7H2,1-2H3. The van der Waals surface area contributed by atoms with E-state index in [2.05, 4.69) is 5.10 Å². The van der Waals surface area contributed by atoms with Gasteiger partial charge in [-0.3, -0.25) is 9.59 Å². The number of hydrogen-bond acceptors (Lipinski definition) is 4. The Morgan fingerprint density at radius 1 is 1.35 bits per heavy atom. The third-order valence-electron chi connectivity index (χ3n) is 2.34. The number of amides is 1. The second-order valence-electron chi connectivity index (χ2n) is 3.79. The molecule has 0 fully saturated rings. The van der Waals surface area contributed by atoms with Crippen LogP contribution in [0.5, 0.6) is 0 Å². The van der Waals surface area contributed by atoms with E-state index >= 15 is 0 Å². The first-order chi connectivity index (χ1) is 8.08. The van der Waals surface area contributed by atoms with Crippen molar-refractivity contribution in [1.29, 1.82) is 0 Å². The molecular formula is C12H12N2O2S. The predicted molar refractivity (Wildman–Crippen MR) is 69.2 cm³/mol. The fourth-order valence-corrected chi connectivity index (χ4v) is 2.15. The zero-order chi connectivity index (χ0) is 12.4. The third-order valence-corrected chi connectivity index (χ3v) is 3.37. The SMILES string of the molecule is CC(=O)C1=NN(c2ccc(C)cc2)C(=O)CS1. The Bertz CT molecular complexity index is 494. The number of anilines is 1. The summed E-state index contributed by atoms with van der Waals surface area (Å²) in [7, 11) is 0. The molecule has 0 unspecified atom stereocenters. The zero-order valence-electron chi connectivity index (χ0n) is 9.64. The number of ketones is 1. The van der Waals surface area contributed by atoms with Crippen LogP contribution in [0.15, 0.2) is 29.4 Å². The highest BCUT2D eigenvalue weighted by Gasteiger charge is 2.24. The highest BCUT2D eigenvalue weighted by molar-refractivity contribution is 8.16. The molecule has 17 heavy (non-hydrogen) atoms. The second kappa shape index (κ2) is 4.71. The van der Waals surface area contributed by atoms with Crippen molar-refractivity contribution < 1.29 is 9.59 Å². The van der Waals surface area contributed by atoms with Crippen LogP contribution in [0.3, 0.4) is 0 Å². The molecule has 0 radical (unpaired) electrons. The van der Waals surface area contributed by atoms with Crippen LogP contribution in [0, 0.1) is 6.92 Å². The number of aryl methyl sites for hydroxylation is 1. The van der Waals surface area contributed by atoms with Gasteiger partial charge >= 0.3 is 0 Å². The number of thioether (sulfide) groups is 1. The van der Waals surface area contributed by atoms with Crippen LogP contribution >= 0.6 is 11.8 Å². The van der Waals surface area contributed by atoms with Crippen LogP contribution in [0.2, 0.25) is 0 Å². The maximum Gasteiger partial charge on any atom is 0.257 e. The molecule has 0 saturated heterocycles. The van der Waals surface area contributed by atoms with Crippen molar-refractivity contribution in [2.75, 3.05) is 10.8 Å². The summed E-state index contributed by atoms with van der Waals surface area (Å²) in [6.07, 6.45) is 0. The molecule has 1 aliphatic heterocycles. The lowest BCUT2D eigenvalue weighted by Gasteiger charge is -2.22. The molecule has 0 N–H and O–H groups in total. The molecule has 0 atom stereocenters. The smallest absolute Gasteiger partial charge is 0.257 e. The number of nitrogens with zero attached hydrogens (tertiary/aromatic N) is 2. The fourth-order valence-electron chi connectivity index (χ4n) is 1.43. The normalized spacial score (nSPS) is 15.8. The summed E-state index contributed by atoms with van der Waals surface area (Å²) in [4.78, 5) is 23.0. The van der Waals surface area contributed by atoms with Gasteiger partial charge in [0.25, 0.3) is 5.91 Å². The van der Waals surface area contributed by atoms with E-state index in [1.54, 1.807) is 0 Å². The molecular weight excluding hydrogens is 236 g/mol. The first-order valence-electron chi connectivity index (χ1n) is 5.20. The number of benzene rings is 1. The number of hydrogen-bond donors (Lipinski definition) is 0. The van der Waals surface area contributed by atoms with Crippen molar-refractivity contribution in [3.8, 4) is 0 Å². The lowest BCUT2D eigenvalue weighted by Crippen LogP contribution is -2.34. The van der Waals surface area contributed by atoms with Gasteiger partial charge in [-0.15, -0.1) is 0 Å². The Kier molecular flexibility index (Phi) is 3.28. The molecule has 1 aromatic carbocycles. The Labute approximate surface area is 104 Å². The summed E-state index contributed by atoms with van der Waals surface area (Å²) in [5.74, 6) is 0.0372. The second-order valence-corrected chi connectivity index (χ2v) is 4.76. The molecule has 88 valence electrons. The summed E-state index contributed by atoms with van der Waals surface area (Å²) in [6, 6.07) is 7.47. The summed E-state index contributed by atoms with van der Waals surface area (Å²) < 4.78 is 0. The quantitative estimate of drug-likeness (QED) is 0.804. The molecule has 0 saturated carbocycles. The van der Waals surface area contributed by atoms with Crippen LogP contribution in [0.1, 0.15) is 12.5 Å². The Hall–Kier alpha value is -1.62. The number of rotatable bonds is 2. The van der Waals surface area contributed by atoms with Crippen LogP contribution in [-0.2, 0) is 9.59 Å². The van der Waals surface area contributed by atoms with Gasteiger partial charge in [-0.05, 0) is 19.1 Å². The van der Waals surface area contributed by atoms with E-state index in [4.69, 9.17) is 0 Å². The zero-order valence-corrected chi connectivity index (χ0v) is 10.5. The highest BCUT2D eigenvalue weighted by atomic mass is 32.2. The first kappa shape index (κ1) is 11.9. The molecule has 0 spiro atoms. The van der Waals surface area contributed by atoms with Crippen molar-refractivity contribution in [2.24, 2.45) is 5.10 Å². The lowest BCUT2D eigenvalue weighted by atomic mass is 10.2. The molecule has 1 amide bonds. The van der Waals surface area contributed by atoms with Crippen molar-refractivity contribution >= 4 is 34.2 Å². The first-order valence-corrected chi connectivity index (χ1v) is 6.18. The van der Waals surface area contributed by atoms with Crippen LogP contribution in [0.4, 0.5) is 5.69 Å². The van der Waals surface area contributed by atoms with Gasteiger partial charge in [-0.2, -0.15) is 10.1 Å². The van der Waals surface area contributed by atoms with Gasteiger partial charge in [0.15, 0.2) is 10.8 Å². The van der Waals surface area contributed by atoms with E-state index in [9.17, 15) is 9.59 Å². The van der Waals surface area contributed by atoms with Gasteiger partial charge < -0.3 is 0 Å². The van der Waals surface area contributed by atoms with Gasteiger partial charge in [0.1, 0.15) is 0 Å². The number of carbonyl (C=O) groups is 2. The Morgan fingerprint density at radius 3 is 2.59 bits per heavy atom. The fraction of sp³-hybridized carbons (Fsp3) is 0.250. The molecule has 1 aliphatic rings. The molecule has 4 nitrogen and oxygen atoms in total. The third kappa shape index (κ3) is 2.55. The summed E-state index contributed by atoms with van der Waals surface area (Å²) in [5.41, 5.74) is 1.81. The summed E-state index contributed by atoms with van der Waals surface area (Å²) in [6.45, 7) is 3.43. The molecule has 5 heteroatoms. The Balaban J connectivity index is 2.35. The maximum atomic E-state index is 11.7. The number of hydrazone groups is 1. The molecule has 2 rings (SSSR count).